The zero-order valence-electron chi connectivity index (χ0n) is 9.27. The molecule has 0 spiro atoms. The van der Waals surface area contributed by atoms with E-state index in [1.54, 1.807) is 0 Å². The fourth-order valence-corrected chi connectivity index (χ4v) is 2.26. The van der Waals surface area contributed by atoms with Crippen LogP contribution in [0.2, 0.25) is 0 Å². The molecule has 0 aliphatic heterocycles. The predicted molar refractivity (Wildman–Crippen MR) is 61.4 cm³/mol. The molecule has 1 aromatic carbocycles. The van der Waals surface area contributed by atoms with Gasteiger partial charge in [-0.1, -0.05) is 6.07 Å². The highest BCUT2D eigenvalue weighted by molar-refractivity contribution is 5.77. The summed E-state index contributed by atoms with van der Waals surface area (Å²) in [5, 5.41) is 8.67. The zero-order valence-corrected chi connectivity index (χ0v) is 9.27. The Hall–Kier alpha value is -1.39. The number of imidazole rings is 1. The molecule has 4 nitrogen and oxygen atoms in total. The van der Waals surface area contributed by atoms with Gasteiger partial charge in [0.15, 0.2) is 0 Å². The minimum atomic E-state index is 0.464. The van der Waals surface area contributed by atoms with Crippen LogP contribution in [0.3, 0.4) is 0 Å². The first-order valence-corrected chi connectivity index (χ1v) is 5.64. The number of fused-ring (bicyclic) bond motifs is 1. The summed E-state index contributed by atoms with van der Waals surface area (Å²) in [6, 6.07) is 6.82. The number of hydroxylamine groups is 1. The third kappa shape index (κ3) is 1.50. The van der Waals surface area contributed by atoms with Gasteiger partial charge in [-0.25, -0.2) is 10.5 Å². The van der Waals surface area contributed by atoms with Crippen molar-refractivity contribution in [2.75, 3.05) is 0 Å². The van der Waals surface area contributed by atoms with Crippen molar-refractivity contribution in [2.45, 2.75) is 32.4 Å². The number of rotatable bonds is 3. The number of benzene rings is 1. The number of hydrogen-bond acceptors (Lipinski definition) is 3. The SMILES string of the molecule is Cc1nc2cc(CNO)ccc2n1C1CC1. The van der Waals surface area contributed by atoms with Crippen LogP contribution in [0, 0.1) is 6.92 Å². The molecule has 0 bridgehead atoms. The molecule has 2 aromatic rings. The molecule has 16 heavy (non-hydrogen) atoms. The first kappa shape index (κ1) is 9.81. The maximum Gasteiger partial charge on any atom is 0.106 e. The highest BCUT2D eigenvalue weighted by atomic mass is 16.5. The number of aryl methyl sites for hydroxylation is 1. The molecular formula is C12H15N3O. The van der Waals surface area contributed by atoms with Gasteiger partial charge in [-0.2, -0.15) is 0 Å². The fraction of sp³-hybridized carbons (Fsp3) is 0.417. The molecule has 1 aliphatic rings. The average Bonchev–Trinajstić information content (AvgIpc) is 3.02. The van der Waals surface area contributed by atoms with Crippen molar-refractivity contribution >= 4 is 11.0 Å². The maximum atomic E-state index is 8.67. The van der Waals surface area contributed by atoms with Crippen LogP contribution in [-0.2, 0) is 6.54 Å². The van der Waals surface area contributed by atoms with Crippen LogP contribution in [0.4, 0.5) is 0 Å². The Kier molecular flexibility index (Phi) is 2.19. The number of nitrogens with one attached hydrogen (secondary N) is 1. The minimum Gasteiger partial charge on any atom is -0.325 e. The molecule has 4 heteroatoms. The molecule has 1 aromatic heterocycles. The highest BCUT2D eigenvalue weighted by Crippen LogP contribution is 2.38. The summed E-state index contributed by atoms with van der Waals surface area (Å²) in [6.45, 7) is 2.52. The molecule has 84 valence electrons. The predicted octanol–water partition coefficient (Wildman–Crippen LogP) is 2.16. The molecule has 1 aliphatic carbocycles. The molecule has 1 saturated carbocycles. The Morgan fingerprint density at radius 2 is 2.31 bits per heavy atom. The van der Waals surface area contributed by atoms with Crippen LogP contribution in [0.25, 0.3) is 11.0 Å². The van der Waals surface area contributed by atoms with E-state index >= 15 is 0 Å². The Morgan fingerprint density at radius 3 is 3.00 bits per heavy atom. The summed E-state index contributed by atoms with van der Waals surface area (Å²) in [5.74, 6) is 1.09. The molecule has 1 fully saturated rings. The van der Waals surface area contributed by atoms with Crippen LogP contribution < -0.4 is 5.48 Å². The topological polar surface area (TPSA) is 50.1 Å². The van der Waals surface area contributed by atoms with E-state index in [9.17, 15) is 0 Å². The maximum absolute atomic E-state index is 8.67. The lowest BCUT2D eigenvalue weighted by atomic mass is 10.2. The Morgan fingerprint density at radius 1 is 1.50 bits per heavy atom. The second kappa shape index (κ2) is 3.57. The molecule has 1 heterocycles. The molecule has 2 N–H and O–H groups in total. The van der Waals surface area contributed by atoms with Crippen molar-refractivity contribution in [1.29, 1.82) is 0 Å². The molecule has 0 unspecified atom stereocenters. The number of nitrogens with zero attached hydrogens (tertiary/aromatic N) is 2. The number of aromatic nitrogens is 2. The fourth-order valence-electron chi connectivity index (χ4n) is 2.26. The molecule has 0 amide bonds. The lowest BCUT2D eigenvalue weighted by molar-refractivity contribution is 0.161. The largest absolute Gasteiger partial charge is 0.325 e. The van der Waals surface area contributed by atoms with Crippen molar-refractivity contribution in [3.63, 3.8) is 0 Å². The van der Waals surface area contributed by atoms with Gasteiger partial charge in [0.2, 0.25) is 0 Å². The summed E-state index contributed by atoms with van der Waals surface area (Å²) in [4.78, 5) is 4.57. The van der Waals surface area contributed by atoms with Gasteiger partial charge in [0.05, 0.1) is 11.0 Å². The van der Waals surface area contributed by atoms with E-state index in [2.05, 4.69) is 28.0 Å². The van der Waals surface area contributed by atoms with E-state index in [0.29, 0.717) is 12.6 Å². The zero-order chi connectivity index (χ0) is 11.1. The van der Waals surface area contributed by atoms with Gasteiger partial charge in [-0.05, 0) is 37.5 Å². The summed E-state index contributed by atoms with van der Waals surface area (Å²) < 4.78 is 2.32. The monoisotopic (exact) mass is 217 g/mol. The Bertz CT molecular complexity index is 528. The summed E-state index contributed by atoms with van der Waals surface area (Å²) in [6.07, 6.45) is 2.54. The van der Waals surface area contributed by atoms with Crippen LogP contribution >= 0.6 is 0 Å². The van der Waals surface area contributed by atoms with E-state index in [0.717, 1.165) is 16.9 Å². The van der Waals surface area contributed by atoms with E-state index < -0.39 is 0 Å². The third-order valence-electron chi connectivity index (χ3n) is 3.13. The van der Waals surface area contributed by atoms with E-state index in [1.165, 1.54) is 18.4 Å². The third-order valence-corrected chi connectivity index (χ3v) is 3.13. The van der Waals surface area contributed by atoms with Gasteiger partial charge in [0, 0.05) is 12.6 Å². The lowest BCUT2D eigenvalue weighted by Gasteiger charge is -2.04. The van der Waals surface area contributed by atoms with Crippen LogP contribution in [0.5, 0.6) is 0 Å². The van der Waals surface area contributed by atoms with Crippen molar-refractivity contribution < 1.29 is 5.21 Å². The summed E-state index contributed by atoms with van der Waals surface area (Å²) in [5.41, 5.74) is 5.46. The first-order chi connectivity index (χ1) is 7.79. The normalized spacial score (nSPS) is 15.9. The standard InChI is InChI=1S/C12H15N3O/c1-8-14-11-6-9(7-13-16)2-5-12(11)15(8)10-3-4-10/h2,5-6,10,13,16H,3-4,7H2,1H3. The van der Waals surface area contributed by atoms with Gasteiger partial charge >= 0.3 is 0 Å². The van der Waals surface area contributed by atoms with E-state index in [1.807, 2.05) is 12.1 Å². The van der Waals surface area contributed by atoms with Crippen LogP contribution in [-0.4, -0.2) is 14.8 Å². The van der Waals surface area contributed by atoms with Crippen molar-refractivity contribution in [3.8, 4) is 0 Å². The van der Waals surface area contributed by atoms with E-state index in [-0.39, 0.29) is 0 Å². The minimum absolute atomic E-state index is 0.464. The second-order valence-electron chi connectivity index (χ2n) is 4.42. The van der Waals surface area contributed by atoms with Gasteiger partial charge in [-0.15, -0.1) is 0 Å². The van der Waals surface area contributed by atoms with Crippen molar-refractivity contribution in [2.24, 2.45) is 0 Å². The molecule has 0 atom stereocenters. The van der Waals surface area contributed by atoms with Gasteiger partial charge < -0.3 is 9.77 Å². The molecule has 3 rings (SSSR count). The smallest absolute Gasteiger partial charge is 0.106 e. The van der Waals surface area contributed by atoms with Crippen molar-refractivity contribution in [3.05, 3.63) is 29.6 Å². The molecule has 0 radical (unpaired) electrons. The van der Waals surface area contributed by atoms with Crippen LogP contribution in [0.1, 0.15) is 30.3 Å². The molecule has 0 saturated heterocycles. The van der Waals surface area contributed by atoms with E-state index in [4.69, 9.17) is 5.21 Å². The van der Waals surface area contributed by atoms with Gasteiger partial charge in [-0.3, -0.25) is 0 Å². The highest BCUT2D eigenvalue weighted by Gasteiger charge is 2.26. The van der Waals surface area contributed by atoms with Crippen LogP contribution in [0.15, 0.2) is 18.2 Å². The summed E-state index contributed by atoms with van der Waals surface area (Å²) >= 11 is 0. The quantitative estimate of drug-likeness (QED) is 0.774. The van der Waals surface area contributed by atoms with Gasteiger partial charge in [0.25, 0.3) is 0 Å². The van der Waals surface area contributed by atoms with Gasteiger partial charge in [0.1, 0.15) is 5.82 Å². The lowest BCUT2D eigenvalue weighted by Crippen LogP contribution is -2.05. The first-order valence-electron chi connectivity index (χ1n) is 5.64. The number of hydrogen-bond donors (Lipinski definition) is 2. The Labute approximate surface area is 93.9 Å². The van der Waals surface area contributed by atoms with Crippen molar-refractivity contribution in [1.82, 2.24) is 15.0 Å². The second-order valence-corrected chi connectivity index (χ2v) is 4.42. The average molecular weight is 217 g/mol. The Balaban J connectivity index is 2.12. The summed E-state index contributed by atoms with van der Waals surface area (Å²) in [7, 11) is 0. The molecular weight excluding hydrogens is 202 g/mol.